The van der Waals surface area contributed by atoms with Crippen molar-refractivity contribution in [3.05, 3.63) is 0 Å². The largest absolute Gasteiger partial charge is 0.480 e. The normalized spacial score (nSPS) is 12.1. The van der Waals surface area contributed by atoms with Gasteiger partial charge in [-0.2, -0.15) is 0 Å². The minimum Gasteiger partial charge on any atom is -0.480 e. The summed E-state index contributed by atoms with van der Waals surface area (Å²) in [5.74, 6) is -1.93. The number of carboxylic acid groups (broad SMARTS) is 1. The number of thioether (sulfide) groups is 1. The van der Waals surface area contributed by atoms with E-state index in [2.05, 4.69) is 0 Å². The molecule has 5 nitrogen and oxygen atoms in total. The van der Waals surface area contributed by atoms with Gasteiger partial charge in [0.15, 0.2) is 5.12 Å². The Hall–Kier alpha value is -1.04. The topological polar surface area (TPSA) is 97.5 Å². The average molecular weight is 191 g/mol. The van der Waals surface area contributed by atoms with Gasteiger partial charge in [0, 0.05) is 13.3 Å². The van der Waals surface area contributed by atoms with Crippen LogP contribution in [0.5, 0.6) is 0 Å². The molecule has 0 fully saturated rings. The average Bonchev–Trinajstić information content (AvgIpc) is 1.83. The van der Waals surface area contributed by atoms with E-state index in [0.29, 0.717) is 11.8 Å². The van der Waals surface area contributed by atoms with E-state index in [1.807, 2.05) is 0 Å². The van der Waals surface area contributed by atoms with Crippen LogP contribution in [-0.4, -0.2) is 27.3 Å². The molecule has 6 heteroatoms. The predicted molar refractivity (Wildman–Crippen MR) is 43.5 cm³/mol. The lowest BCUT2D eigenvalue weighted by molar-refractivity contribution is -0.138. The third-order valence-electron chi connectivity index (χ3n) is 0.970. The lowest BCUT2D eigenvalue weighted by atomic mass is 10.3. The Kier molecular flexibility index (Phi) is 4.35. The Morgan fingerprint density at radius 3 is 2.25 bits per heavy atom. The number of amides is 1. The van der Waals surface area contributed by atoms with E-state index in [1.54, 1.807) is 0 Å². The summed E-state index contributed by atoms with van der Waals surface area (Å²) in [6.45, 7) is 1.24. The first-order valence-corrected chi connectivity index (χ1v) is 3.99. The third kappa shape index (κ3) is 4.73. The van der Waals surface area contributed by atoms with Crippen LogP contribution in [0.4, 0.5) is 0 Å². The summed E-state index contributed by atoms with van der Waals surface area (Å²) in [4.78, 5) is 31.2. The standard InChI is InChI=1S/C6H9NO4S/c1-3(8)12-4(6(10)11)2-5(7)9/h4H,2H2,1H3,(H2,7,9)(H,10,11). The highest BCUT2D eigenvalue weighted by Gasteiger charge is 2.22. The summed E-state index contributed by atoms with van der Waals surface area (Å²) in [5, 5.41) is 7.09. The zero-order chi connectivity index (χ0) is 9.72. The minimum atomic E-state index is -1.20. The Balaban J connectivity index is 4.14. The molecule has 0 rings (SSSR count). The van der Waals surface area contributed by atoms with E-state index in [-0.39, 0.29) is 11.5 Å². The maximum atomic E-state index is 10.5. The fraction of sp³-hybridized carbons (Fsp3) is 0.500. The van der Waals surface area contributed by atoms with Gasteiger partial charge in [0.25, 0.3) is 0 Å². The maximum absolute atomic E-state index is 10.5. The van der Waals surface area contributed by atoms with E-state index >= 15 is 0 Å². The van der Waals surface area contributed by atoms with Crippen molar-refractivity contribution in [2.45, 2.75) is 18.6 Å². The van der Waals surface area contributed by atoms with Gasteiger partial charge in [-0.3, -0.25) is 14.4 Å². The summed E-state index contributed by atoms with van der Waals surface area (Å²) in [5.41, 5.74) is 4.78. The number of rotatable bonds is 4. The molecule has 0 bridgehead atoms. The number of primary amides is 1. The van der Waals surface area contributed by atoms with E-state index in [0.717, 1.165) is 0 Å². The van der Waals surface area contributed by atoms with Crippen LogP contribution >= 0.6 is 11.8 Å². The quantitative estimate of drug-likeness (QED) is 0.629. The molecule has 0 spiro atoms. The highest BCUT2D eigenvalue weighted by molar-refractivity contribution is 8.14. The van der Waals surface area contributed by atoms with Gasteiger partial charge in [-0.05, 0) is 0 Å². The summed E-state index contributed by atoms with van der Waals surface area (Å²) in [7, 11) is 0. The molecule has 0 heterocycles. The molecule has 1 amide bonds. The van der Waals surface area contributed by atoms with Crippen molar-refractivity contribution in [1.82, 2.24) is 0 Å². The van der Waals surface area contributed by atoms with Gasteiger partial charge in [-0.25, -0.2) is 0 Å². The van der Waals surface area contributed by atoms with Gasteiger partial charge in [0.05, 0.1) is 0 Å². The zero-order valence-corrected chi connectivity index (χ0v) is 7.26. The van der Waals surface area contributed by atoms with Crippen LogP contribution < -0.4 is 5.73 Å². The number of hydrogen-bond donors (Lipinski definition) is 2. The van der Waals surface area contributed by atoms with Crippen molar-refractivity contribution in [2.75, 3.05) is 0 Å². The van der Waals surface area contributed by atoms with Crippen LogP contribution in [0.25, 0.3) is 0 Å². The molecule has 0 saturated heterocycles. The Morgan fingerprint density at radius 1 is 1.50 bits per heavy atom. The molecule has 0 aliphatic heterocycles. The van der Waals surface area contributed by atoms with Crippen LogP contribution in [-0.2, 0) is 14.4 Å². The van der Waals surface area contributed by atoms with Crippen molar-refractivity contribution in [1.29, 1.82) is 0 Å². The van der Waals surface area contributed by atoms with Crippen molar-refractivity contribution in [3.8, 4) is 0 Å². The first-order valence-electron chi connectivity index (χ1n) is 3.11. The van der Waals surface area contributed by atoms with E-state index in [1.165, 1.54) is 6.92 Å². The summed E-state index contributed by atoms with van der Waals surface area (Å²) < 4.78 is 0. The van der Waals surface area contributed by atoms with Gasteiger partial charge in [0.2, 0.25) is 5.91 Å². The SMILES string of the molecule is CC(=O)SC(CC(N)=O)C(=O)O. The molecule has 0 radical (unpaired) electrons. The van der Waals surface area contributed by atoms with Gasteiger partial charge in [-0.1, -0.05) is 11.8 Å². The van der Waals surface area contributed by atoms with Gasteiger partial charge in [0.1, 0.15) is 5.25 Å². The van der Waals surface area contributed by atoms with Crippen molar-refractivity contribution in [3.63, 3.8) is 0 Å². The van der Waals surface area contributed by atoms with E-state index < -0.39 is 17.1 Å². The maximum Gasteiger partial charge on any atom is 0.317 e. The monoisotopic (exact) mass is 191 g/mol. The van der Waals surface area contributed by atoms with E-state index in [9.17, 15) is 14.4 Å². The van der Waals surface area contributed by atoms with Crippen LogP contribution in [0, 0.1) is 0 Å². The Bertz CT molecular complexity index is 200. The number of nitrogens with two attached hydrogens (primary N) is 1. The second-order valence-electron chi connectivity index (χ2n) is 2.11. The molecule has 0 aliphatic carbocycles. The smallest absolute Gasteiger partial charge is 0.317 e. The molecule has 0 aromatic rings. The molecule has 1 unspecified atom stereocenters. The summed E-state index contributed by atoms with van der Waals surface area (Å²) in [6.07, 6.45) is -0.320. The highest BCUT2D eigenvalue weighted by Crippen LogP contribution is 2.15. The first-order chi connectivity index (χ1) is 5.43. The molecule has 1 atom stereocenters. The molecule has 3 N–H and O–H groups in total. The molecule has 68 valence electrons. The van der Waals surface area contributed by atoms with Gasteiger partial charge < -0.3 is 10.8 Å². The second-order valence-corrected chi connectivity index (χ2v) is 3.49. The number of carbonyl (C=O) groups is 3. The van der Waals surface area contributed by atoms with E-state index in [4.69, 9.17) is 10.8 Å². The molecule has 0 saturated carbocycles. The molecule has 0 aromatic carbocycles. The van der Waals surface area contributed by atoms with Crippen molar-refractivity contribution < 1.29 is 19.5 Å². The number of carboxylic acids is 1. The minimum absolute atomic E-state index is 0.320. The molecule has 0 aliphatic rings. The second kappa shape index (κ2) is 4.76. The van der Waals surface area contributed by atoms with Crippen molar-refractivity contribution in [2.24, 2.45) is 5.73 Å². The van der Waals surface area contributed by atoms with Crippen LogP contribution in [0.15, 0.2) is 0 Å². The Labute approximate surface area is 73.3 Å². The van der Waals surface area contributed by atoms with Crippen LogP contribution in [0.2, 0.25) is 0 Å². The number of hydrogen-bond acceptors (Lipinski definition) is 4. The molecular formula is C6H9NO4S. The lowest BCUT2D eigenvalue weighted by Crippen LogP contribution is -2.25. The Morgan fingerprint density at radius 2 is 2.00 bits per heavy atom. The van der Waals surface area contributed by atoms with Gasteiger partial charge in [-0.15, -0.1) is 0 Å². The van der Waals surface area contributed by atoms with Gasteiger partial charge >= 0.3 is 5.97 Å². The predicted octanol–water partition coefficient (Wildman–Crippen LogP) is -0.405. The lowest BCUT2D eigenvalue weighted by Gasteiger charge is -2.05. The highest BCUT2D eigenvalue weighted by atomic mass is 32.2. The fourth-order valence-corrected chi connectivity index (χ4v) is 1.31. The van der Waals surface area contributed by atoms with Crippen LogP contribution in [0.1, 0.15) is 13.3 Å². The summed E-state index contributed by atoms with van der Waals surface area (Å²) in [6, 6.07) is 0. The third-order valence-corrected chi connectivity index (χ3v) is 1.95. The molecule has 12 heavy (non-hydrogen) atoms. The summed E-state index contributed by atoms with van der Waals surface area (Å²) >= 11 is 0.597. The number of carbonyl (C=O) groups excluding carboxylic acids is 2. The first kappa shape index (κ1) is 11.0. The fourth-order valence-electron chi connectivity index (χ4n) is 0.562. The van der Waals surface area contributed by atoms with Crippen molar-refractivity contribution >= 4 is 28.8 Å². The zero-order valence-electron chi connectivity index (χ0n) is 6.44. The number of aliphatic carboxylic acids is 1. The molecule has 0 aromatic heterocycles. The van der Waals surface area contributed by atoms with Crippen LogP contribution in [0.3, 0.4) is 0 Å². The molecular weight excluding hydrogens is 182 g/mol.